The largest absolute Gasteiger partial charge is 0.437 e. The molecule has 0 bridgehead atoms. The minimum atomic E-state index is -0.606. The van der Waals surface area contributed by atoms with Gasteiger partial charge in [-0.05, 0) is 44.9 Å². The molecule has 0 unspecified atom stereocenters. The molecule has 2 aliphatic rings. The number of hydrogen-bond acceptors (Lipinski definition) is 4. The first-order valence-corrected chi connectivity index (χ1v) is 8.37. The van der Waals surface area contributed by atoms with Gasteiger partial charge in [0.2, 0.25) is 0 Å². The Morgan fingerprint density at radius 2 is 1.76 bits per heavy atom. The molecule has 1 aromatic carbocycles. The lowest BCUT2D eigenvalue weighted by atomic mass is 9.77. The van der Waals surface area contributed by atoms with E-state index in [0.717, 1.165) is 36.0 Å². The summed E-state index contributed by atoms with van der Waals surface area (Å²) >= 11 is 3.48. The molecule has 2 fully saturated rings. The molecular weight excluding hydrogens is 333 g/mol. The Morgan fingerprint density at radius 1 is 1.19 bits per heavy atom. The van der Waals surface area contributed by atoms with Crippen LogP contribution in [-0.2, 0) is 15.3 Å². The van der Waals surface area contributed by atoms with Crippen LogP contribution in [0.3, 0.4) is 0 Å². The zero-order valence-corrected chi connectivity index (χ0v) is 13.9. The van der Waals surface area contributed by atoms with E-state index in [1.807, 2.05) is 19.0 Å². The van der Waals surface area contributed by atoms with Gasteiger partial charge in [-0.2, -0.15) is 0 Å². The second-order valence-corrected chi connectivity index (χ2v) is 6.73. The maximum atomic E-state index is 9.70. The Kier molecular flexibility index (Phi) is 4.71. The normalized spacial score (nSPS) is 23.4. The molecule has 2 saturated heterocycles. The third kappa shape index (κ3) is 3.05. The van der Waals surface area contributed by atoms with E-state index in [-0.39, 0.29) is 7.05 Å². The molecule has 1 aromatic rings. The van der Waals surface area contributed by atoms with E-state index in [4.69, 9.17) is 9.47 Å². The highest BCUT2D eigenvalue weighted by Crippen LogP contribution is 2.43. The van der Waals surface area contributed by atoms with Gasteiger partial charge in [0.15, 0.2) is 5.79 Å². The van der Waals surface area contributed by atoms with Gasteiger partial charge in [0.1, 0.15) is 0 Å². The van der Waals surface area contributed by atoms with E-state index < -0.39 is 5.79 Å². The van der Waals surface area contributed by atoms with Crippen molar-refractivity contribution >= 4 is 23.0 Å². The van der Waals surface area contributed by atoms with E-state index in [9.17, 15) is 5.02 Å². The summed E-state index contributed by atoms with van der Waals surface area (Å²) in [5.41, 5.74) is 1.10. The Bertz CT molecular complexity index is 468. The predicted molar refractivity (Wildman–Crippen MR) is 85.9 cm³/mol. The highest BCUT2D eigenvalue weighted by Gasteiger charge is 2.47. The molecule has 0 aromatic heterocycles. The Labute approximate surface area is 134 Å². The van der Waals surface area contributed by atoms with Gasteiger partial charge in [-0.1, -0.05) is 28.1 Å². The van der Waals surface area contributed by atoms with Gasteiger partial charge in [-0.15, -0.1) is 0 Å². The van der Waals surface area contributed by atoms with Crippen LogP contribution in [0.15, 0.2) is 28.7 Å². The Balaban J connectivity index is 1.80. The highest BCUT2D eigenvalue weighted by molar-refractivity contribution is 9.10. The number of nitrogens with zero attached hydrogens (tertiary/aromatic N) is 1. The van der Waals surface area contributed by atoms with Gasteiger partial charge >= 0.3 is 7.05 Å². The molecule has 1 N–H and O–H groups in total. The highest BCUT2D eigenvalue weighted by atomic mass is 79.9. The summed E-state index contributed by atoms with van der Waals surface area (Å²) < 4.78 is 13.2. The van der Waals surface area contributed by atoms with Gasteiger partial charge in [-0.25, -0.2) is 0 Å². The minimum absolute atomic E-state index is 0.330. The van der Waals surface area contributed by atoms with Crippen LogP contribution in [0.1, 0.15) is 18.4 Å². The Hall–Kier alpha value is -0.395. The van der Waals surface area contributed by atoms with Gasteiger partial charge in [0, 0.05) is 16.0 Å². The van der Waals surface area contributed by atoms with E-state index in [2.05, 4.69) is 32.9 Å². The maximum absolute atomic E-state index is 9.70. The first-order chi connectivity index (χ1) is 10.1. The van der Waals surface area contributed by atoms with Crippen molar-refractivity contribution in [2.45, 2.75) is 25.5 Å². The summed E-state index contributed by atoms with van der Waals surface area (Å²) in [6.45, 7) is 4.88. The van der Waals surface area contributed by atoms with E-state index in [1.54, 1.807) is 0 Å². The maximum Gasteiger partial charge on any atom is 0.376 e. The summed E-state index contributed by atoms with van der Waals surface area (Å²) in [6.07, 6.45) is 1.95. The van der Waals surface area contributed by atoms with Gasteiger partial charge in [0.05, 0.1) is 13.2 Å². The van der Waals surface area contributed by atoms with Crippen molar-refractivity contribution in [3.63, 3.8) is 0 Å². The first kappa shape index (κ1) is 15.5. The molecule has 2 aliphatic heterocycles. The predicted octanol–water partition coefficient (Wildman–Crippen LogP) is 2.47. The fraction of sp³-hybridized carbons (Fsp3) is 0.600. The number of benzene rings is 1. The fourth-order valence-corrected chi connectivity index (χ4v) is 3.67. The first-order valence-electron chi connectivity index (χ1n) is 7.58. The van der Waals surface area contributed by atoms with E-state index >= 15 is 0 Å². The zero-order valence-electron chi connectivity index (χ0n) is 12.3. The molecule has 0 radical (unpaired) electrons. The van der Waals surface area contributed by atoms with Crippen LogP contribution < -0.4 is 0 Å². The monoisotopic (exact) mass is 353 g/mol. The lowest BCUT2D eigenvalue weighted by Crippen LogP contribution is -2.48. The third-order valence-electron chi connectivity index (χ3n) is 4.56. The molecule has 6 heteroatoms. The topological polar surface area (TPSA) is 41.9 Å². The van der Waals surface area contributed by atoms with Crippen LogP contribution in [0.25, 0.3) is 0 Å². The summed E-state index contributed by atoms with van der Waals surface area (Å²) in [4.78, 5) is 2.10. The smallest absolute Gasteiger partial charge is 0.376 e. The van der Waals surface area contributed by atoms with Gasteiger partial charge in [-0.3, -0.25) is 0 Å². The van der Waals surface area contributed by atoms with Crippen molar-refractivity contribution in [2.24, 2.45) is 5.92 Å². The second kappa shape index (κ2) is 6.38. The van der Waals surface area contributed by atoms with E-state index in [0.29, 0.717) is 19.1 Å². The molecule has 3 rings (SSSR count). The zero-order chi connectivity index (χ0) is 14.9. The molecule has 4 nitrogen and oxygen atoms in total. The van der Waals surface area contributed by atoms with Gasteiger partial charge < -0.3 is 19.3 Å². The van der Waals surface area contributed by atoms with Crippen molar-refractivity contribution in [3.8, 4) is 0 Å². The standard InChI is InChI=1S/C15H21BBrNO3/c1-16(19)18-8-6-13(7-9-18)15(20-10-11-21-15)12-2-4-14(17)5-3-12/h2-5,13,19H,6-11H2,1H3. The van der Waals surface area contributed by atoms with Crippen LogP contribution in [0, 0.1) is 5.92 Å². The van der Waals surface area contributed by atoms with Crippen LogP contribution in [0.5, 0.6) is 0 Å². The lowest BCUT2D eigenvalue weighted by Gasteiger charge is -2.41. The molecule has 0 aliphatic carbocycles. The summed E-state index contributed by atoms with van der Waals surface area (Å²) in [5, 5.41) is 9.70. The molecule has 2 heterocycles. The third-order valence-corrected chi connectivity index (χ3v) is 5.09. The summed E-state index contributed by atoms with van der Waals surface area (Å²) in [7, 11) is -0.375. The lowest BCUT2D eigenvalue weighted by molar-refractivity contribution is -0.212. The van der Waals surface area contributed by atoms with Crippen LogP contribution in [0.2, 0.25) is 6.82 Å². The number of rotatable bonds is 3. The van der Waals surface area contributed by atoms with Crippen LogP contribution in [0.4, 0.5) is 0 Å². The average molecular weight is 354 g/mol. The van der Waals surface area contributed by atoms with E-state index in [1.165, 1.54) is 0 Å². The molecular formula is C15H21BBrNO3. The molecule has 0 spiro atoms. The number of halogens is 1. The van der Waals surface area contributed by atoms with Crippen LogP contribution in [-0.4, -0.2) is 43.2 Å². The number of ether oxygens (including phenoxy) is 2. The summed E-state index contributed by atoms with van der Waals surface area (Å²) in [6, 6.07) is 8.23. The average Bonchev–Trinajstić information content (AvgIpc) is 2.99. The number of piperidine rings is 1. The molecule has 0 saturated carbocycles. The molecule has 0 amide bonds. The molecule has 0 atom stereocenters. The van der Waals surface area contributed by atoms with Gasteiger partial charge in [0.25, 0.3) is 0 Å². The molecule has 21 heavy (non-hydrogen) atoms. The van der Waals surface area contributed by atoms with Crippen LogP contribution >= 0.6 is 15.9 Å². The molecule has 114 valence electrons. The van der Waals surface area contributed by atoms with Crippen molar-refractivity contribution in [3.05, 3.63) is 34.3 Å². The van der Waals surface area contributed by atoms with Crippen molar-refractivity contribution < 1.29 is 14.5 Å². The quantitative estimate of drug-likeness (QED) is 0.847. The van der Waals surface area contributed by atoms with Crippen molar-refractivity contribution in [1.29, 1.82) is 0 Å². The number of hydrogen-bond donors (Lipinski definition) is 1. The van der Waals surface area contributed by atoms with Crippen molar-refractivity contribution in [2.75, 3.05) is 26.3 Å². The summed E-state index contributed by atoms with van der Waals surface area (Å²) in [5.74, 6) is -0.276. The minimum Gasteiger partial charge on any atom is -0.437 e. The fourth-order valence-electron chi connectivity index (χ4n) is 3.40. The van der Waals surface area contributed by atoms with Crippen molar-refractivity contribution in [1.82, 2.24) is 4.81 Å². The SMILES string of the molecule is CB(O)N1CCC(C2(c3ccc(Br)cc3)OCCO2)CC1. The Morgan fingerprint density at radius 3 is 2.29 bits per heavy atom. The second-order valence-electron chi connectivity index (χ2n) is 5.81.